The molecule has 1 heterocycles. The first-order valence-corrected chi connectivity index (χ1v) is 5.82. The highest BCUT2D eigenvalue weighted by atomic mass is 35.5. The molecule has 1 aromatic rings. The summed E-state index contributed by atoms with van der Waals surface area (Å²) in [5, 5.41) is 6.69. The molecule has 0 aromatic heterocycles. The van der Waals surface area contributed by atoms with E-state index in [0.717, 1.165) is 25.1 Å². The molecule has 1 aliphatic rings. The molecule has 1 fully saturated rings. The highest BCUT2D eigenvalue weighted by Crippen LogP contribution is 2.17. The van der Waals surface area contributed by atoms with Gasteiger partial charge in [0.05, 0.1) is 10.6 Å². The van der Waals surface area contributed by atoms with Crippen LogP contribution in [0, 0.1) is 6.92 Å². The molecule has 0 radical (unpaired) electrons. The molecule has 2 N–H and O–H groups in total. The lowest BCUT2D eigenvalue weighted by Crippen LogP contribution is -2.36. The monoisotopic (exact) mass is 238 g/mol. The summed E-state index contributed by atoms with van der Waals surface area (Å²) >= 11 is 6.03. The Balaban J connectivity index is 2.08. The third-order valence-corrected chi connectivity index (χ3v) is 3.08. The Labute approximate surface area is 100 Å². The van der Waals surface area contributed by atoms with E-state index in [-0.39, 0.29) is 11.9 Å². The molecule has 0 aliphatic carbocycles. The Morgan fingerprint density at radius 3 is 3.00 bits per heavy atom. The van der Waals surface area contributed by atoms with Gasteiger partial charge in [-0.15, -0.1) is 0 Å². The van der Waals surface area contributed by atoms with Crippen molar-refractivity contribution in [2.24, 2.45) is 0 Å². The zero-order valence-corrected chi connectivity index (χ0v) is 9.97. The molecule has 1 saturated heterocycles. The molecule has 0 bridgehead atoms. The van der Waals surface area contributed by atoms with Gasteiger partial charge in [-0.3, -0.25) is 4.79 Å². The minimum absolute atomic E-state index is 0.0845. The van der Waals surface area contributed by atoms with Gasteiger partial charge in [0.25, 0.3) is 5.91 Å². The number of aryl methyl sites for hydroxylation is 1. The number of hydrogen-bond acceptors (Lipinski definition) is 2. The van der Waals surface area contributed by atoms with Crippen LogP contribution in [0.1, 0.15) is 22.3 Å². The van der Waals surface area contributed by atoms with Gasteiger partial charge in [-0.25, -0.2) is 0 Å². The number of carbonyl (C=O) groups excluding carboxylic acids is 1. The third kappa shape index (κ3) is 2.54. The number of halogens is 1. The number of benzene rings is 1. The van der Waals surface area contributed by atoms with Crippen LogP contribution in [0.15, 0.2) is 18.2 Å². The van der Waals surface area contributed by atoms with E-state index in [9.17, 15) is 4.79 Å². The topological polar surface area (TPSA) is 41.1 Å². The molecule has 1 atom stereocenters. The number of nitrogens with one attached hydrogen (secondary N) is 2. The molecule has 0 saturated carbocycles. The van der Waals surface area contributed by atoms with Crippen LogP contribution in [0.3, 0.4) is 0 Å². The average Bonchev–Trinajstić information content (AvgIpc) is 2.70. The molecular formula is C12H15ClN2O. The van der Waals surface area contributed by atoms with E-state index < -0.39 is 0 Å². The van der Waals surface area contributed by atoms with Crippen LogP contribution in [0.2, 0.25) is 5.02 Å². The first-order chi connectivity index (χ1) is 7.66. The van der Waals surface area contributed by atoms with Gasteiger partial charge in [0.15, 0.2) is 0 Å². The van der Waals surface area contributed by atoms with Gasteiger partial charge < -0.3 is 10.6 Å². The normalized spacial score (nSPS) is 19.8. The van der Waals surface area contributed by atoms with Crippen molar-refractivity contribution in [1.82, 2.24) is 10.6 Å². The molecule has 1 amide bonds. The smallest absolute Gasteiger partial charge is 0.253 e. The third-order valence-electron chi connectivity index (χ3n) is 2.76. The summed E-state index contributed by atoms with van der Waals surface area (Å²) in [5.74, 6) is -0.0845. The Morgan fingerprint density at radius 1 is 1.56 bits per heavy atom. The molecule has 0 spiro atoms. The van der Waals surface area contributed by atoms with Gasteiger partial charge in [0.1, 0.15) is 0 Å². The lowest BCUT2D eigenvalue weighted by Gasteiger charge is -2.12. The number of amides is 1. The molecule has 1 unspecified atom stereocenters. The molecule has 3 nitrogen and oxygen atoms in total. The summed E-state index contributed by atoms with van der Waals surface area (Å²) in [7, 11) is 0. The minimum atomic E-state index is -0.0845. The van der Waals surface area contributed by atoms with Crippen LogP contribution in [-0.4, -0.2) is 25.0 Å². The zero-order valence-electron chi connectivity index (χ0n) is 9.22. The van der Waals surface area contributed by atoms with Crippen LogP contribution in [0.4, 0.5) is 0 Å². The predicted octanol–water partition coefficient (Wildman–Crippen LogP) is 1.74. The molecule has 4 heteroatoms. The van der Waals surface area contributed by atoms with Gasteiger partial charge in [-0.1, -0.05) is 17.7 Å². The molecule has 1 aromatic carbocycles. The highest BCUT2D eigenvalue weighted by Gasteiger charge is 2.18. The fraction of sp³-hybridized carbons (Fsp3) is 0.417. The first-order valence-electron chi connectivity index (χ1n) is 5.44. The van der Waals surface area contributed by atoms with Crippen LogP contribution < -0.4 is 10.6 Å². The minimum Gasteiger partial charge on any atom is -0.348 e. The van der Waals surface area contributed by atoms with E-state index in [2.05, 4.69) is 10.6 Å². The maximum Gasteiger partial charge on any atom is 0.253 e. The highest BCUT2D eigenvalue weighted by molar-refractivity contribution is 6.33. The summed E-state index contributed by atoms with van der Waals surface area (Å²) in [5.41, 5.74) is 1.61. The Bertz CT molecular complexity index is 400. The van der Waals surface area contributed by atoms with Gasteiger partial charge in [-0.05, 0) is 37.6 Å². The van der Waals surface area contributed by atoms with E-state index in [1.807, 2.05) is 19.1 Å². The lowest BCUT2D eigenvalue weighted by atomic mass is 10.1. The van der Waals surface area contributed by atoms with E-state index >= 15 is 0 Å². The van der Waals surface area contributed by atoms with Gasteiger partial charge in [0.2, 0.25) is 0 Å². The maximum absolute atomic E-state index is 11.9. The van der Waals surface area contributed by atoms with Gasteiger partial charge in [-0.2, -0.15) is 0 Å². The van der Waals surface area contributed by atoms with Gasteiger partial charge in [0, 0.05) is 12.6 Å². The fourth-order valence-corrected chi connectivity index (χ4v) is 2.17. The molecule has 1 aliphatic heterocycles. The fourth-order valence-electron chi connectivity index (χ4n) is 1.85. The van der Waals surface area contributed by atoms with Gasteiger partial charge >= 0.3 is 0 Å². The molecule has 86 valence electrons. The Morgan fingerprint density at radius 2 is 2.38 bits per heavy atom. The van der Waals surface area contributed by atoms with Crippen molar-refractivity contribution in [2.45, 2.75) is 19.4 Å². The second kappa shape index (κ2) is 4.85. The number of carbonyl (C=O) groups is 1. The summed E-state index contributed by atoms with van der Waals surface area (Å²) in [6, 6.07) is 5.71. The van der Waals surface area contributed by atoms with E-state index in [1.54, 1.807) is 6.07 Å². The van der Waals surface area contributed by atoms with Crippen LogP contribution >= 0.6 is 11.6 Å². The summed E-state index contributed by atoms with van der Waals surface area (Å²) in [4.78, 5) is 11.9. The van der Waals surface area contributed by atoms with E-state index in [1.165, 1.54) is 0 Å². The number of hydrogen-bond donors (Lipinski definition) is 2. The summed E-state index contributed by atoms with van der Waals surface area (Å²) in [6.07, 6.45) is 0.981. The van der Waals surface area contributed by atoms with Crippen molar-refractivity contribution in [1.29, 1.82) is 0 Å². The maximum atomic E-state index is 11.9. The first kappa shape index (κ1) is 11.4. The van der Waals surface area contributed by atoms with Crippen LogP contribution in [0.5, 0.6) is 0 Å². The van der Waals surface area contributed by atoms with Crippen molar-refractivity contribution < 1.29 is 4.79 Å². The van der Waals surface area contributed by atoms with Crippen molar-refractivity contribution in [2.75, 3.05) is 13.1 Å². The zero-order chi connectivity index (χ0) is 11.5. The van der Waals surface area contributed by atoms with Crippen molar-refractivity contribution >= 4 is 17.5 Å². The van der Waals surface area contributed by atoms with E-state index in [0.29, 0.717) is 10.6 Å². The molecule has 2 rings (SSSR count). The van der Waals surface area contributed by atoms with Crippen molar-refractivity contribution in [3.05, 3.63) is 34.3 Å². The Kier molecular flexibility index (Phi) is 3.46. The summed E-state index contributed by atoms with van der Waals surface area (Å²) < 4.78 is 0. The average molecular weight is 239 g/mol. The molecular weight excluding hydrogens is 224 g/mol. The lowest BCUT2D eigenvalue weighted by molar-refractivity contribution is 0.0940. The van der Waals surface area contributed by atoms with E-state index in [4.69, 9.17) is 11.6 Å². The SMILES string of the molecule is Cc1ccc(C(=O)NC2CCNC2)c(Cl)c1. The van der Waals surface area contributed by atoms with Crippen molar-refractivity contribution in [3.8, 4) is 0 Å². The standard InChI is InChI=1S/C12H15ClN2O/c1-8-2-3-10(11(13)6-8)12(16)15-9-4-5-14-7-9/h2-3,6,9,14H,4-5,7H2,1H3,(H,15,16). The largest absolute Gasteiger partial charge is 0.348 e. The second-order valence-corrected chi connectivity index (χ2v) is 4.55. The summed E-state index contributed by atoms with van der Waals surface area (Å²) in [6.45, 7) is 3.76. The number of rotatable bonds is 2. The van der Waals surface area contributed by atoms with Crippen LogP contribution in [0.25, 0.3) is 0 Å². The molecule has 16 heavy (non-hydrogen) atoms. The second-order valence-electron chi connectivity index (χ2n) is 4.15. The van der Waals surface area contributed by atoms with Crippen molar-refractivity contribution in [3.63, 3.8) is 0 Å². The predicted molar refractivity (Wildman–Crippen MR) is 64.9 cm³/mol. The van der Waals surface area contributed by atoms with Crippen LogP contribution in [-0.2, 0) is 0 Å². The Hall–Kier alpha value is -1.06. The quantitative estimate of drug-likeness (QED) is 0.824.